The molecule has 26 heavy (non-hydrogen) atoms. The lowest BCUT2D eigenvalue weighted by Gasteiger charge is -2.38. The monoisotopic (exact) mass is 353 g/mol. The van der Waals surface area contributed by atoms with E-state index in [1.165, 1.54) is 12.1 Å². The molecule has 0 bridgehead atoms. The van der Waals surface area contributed by atoms with Gasteiger partial charge in [0.15, 0.2) is 0 Å². The molecule has 0 spiro atoms. The highest BCUT2D eigenvalue weighted by molar-refractivity contribution is 5.91. The molecule has 0 unspecified atom stereocenters. The molecule has 2 fully saturated rings. The van der Waals surface area contributed by atoms with Gasteiger partial charge in [0.05, 0.1) is 5.41 Å². The molecule has 0 radical (unpaired) electrons. The van der Waals surface area contributed by atoms with Crippen molar-refractivity contribution in [1.29, 1.82) is 0 Å². The second-order valence-electron chi connectivity index (χ2n) is 7.41. The first kappa shape index (κ1) is 17.0. The minimum absolute atomic E-state index is 0.211. The molecule has 1 aromatic carbocycles. The number of piperidine rings is 1. The number of amides is 1. The van der Waals surface area contributed by atoms with E-state index in [0.717, 1.165) is 50.2 Å². The van der Waals surface area contributed by atoms with Gasteiger partial charge in [-0.1, -0.05) is 18.2 Å². The average Bonchev–Trinajstić information content (AvgIpc) is 3.50. The second-order valence-corrected chi connectivity index (χ2v) is 7.41. The number of pyridine rings is 1. The summed E-state index contributed by atoms with van der Waals surface area (Å²) >= 11 is 0. The third kappa shape index (κ3) is 3.06. The molecule has 1 aromatic heterocycles. The van der Waals surface area contributed by atoms with Crippen molar-refractivity contribution < 1.29 is 9.18 Å². The quantitative estimate of drug-likeness (QED) is 0.845. The van der Waals surface area contributed by atoms with Crippen LogP contribution in [0.25, 0.3) is 0 Å². The minimum atomic E-state index is -0.409. The van der Waals surface area contributed by atoms with E-state index in [4.69, 9.17) is 0 Å². The van der Waals surface area contributed by atoms with Crippen LogP contribution in [0.3, 0.4) is 0 Å². The first-order chi connectivity index (χ1) is 12.6. The molecule has 0 atom stereocenters. The number of halogens is 1. The van der Waals surface area contributed by atoms with Gasteiger partial charge in [0.25, 0.3) is 0 Å². The van der Waals surface area contributed by atoms with Gasteiger partial charge < -0.3 is 9.80 Å². The lowest BCUT2D eigenvalue weighted by Crippen LogP contribution is -2.48. The Labute approximate surface area is 153 Å². The molecule has 1 amide bonds. The number of aromatic nitrogens is 1. The van der Waals surface area contributed by atoms with Crippen molar-refractivity contribution in [3.63, 3.8) is 0 Å². The van der Waals surface area contributed by atoms with E-state index in [1.807, 2.05) is 29.3 Å². The van der Waals surface area contributed by atoms with Crippen molar-refractivity contribution in [3.8, 4) is 0 Å². The van der Waals surface area contributed by atoms with Crippen LogP contribution in [0.4, 0.5) is 10.2 Å². The van der Waals surface area contributed by atoms with Crippen LogP contribution in [-0.4, -0.2) is 42.0 Å². The molecule has 5 heteroatoms. The fraction of sp³-hybridized carbons (Fsp3) is 0.429. The Balaban J connectivity index is 1.40. The Morgan fingerprint density at radius 1 is 1.15 bits per heavy atom. The van der Waals surface area contributed by atoms with Crippen molar-refractivity contribution >= 4 is 11.7 Å². The van der Waals surface area contributed by atoms with E-state index in [9.17, 15) is 9.18 Å². The van der Waals surface area contributed by atoms with Gasteiger partial charge in [-0.25, -0.2) is 9.37 Å². The number of hydrogen-bond acceptors (Lipinski definition) is 3. The number of hydrogen-bond donors (Lipinski definition) is 0. The number of nitrogens with zero attached hydrogens (tertiary/aromatic N) is 3. The molecule has 4 rings (SSSR count). The summed E-state index contributed by atoms with van der Waals surface area (Å²) < 4.78 is 13.2. The van der Waals surface area contributed by atoms with Gasteiger partial charge in [0.2, 0.25) is 5.91 Å². The number of benzene rings is 1. The summed E-state index contributed by atoms with van der Waals surface area (Å²) in [5, 5.41) is 0. The Hall–Kier alpha value is -2.43. The van der Waals surface area contributed by atoms with Crippen molar-refractivity contribution in [3.05, 3.63) is 60.0 Å². The molecule has 2 aromatic rings. The standard InChI is InChI=1S/C21H24FN3O/c1-24(19-4-2-3-13-23-19)18-9-14-25(15-10-18)20(26)21(11-12-21)16-5-7-17(22)8-6-16/h2-8,13,18H,9-12,14-15H2,1H3. The van der Waals surface area contributed by atoms with Crippen molar-refractivity contribution in [1.82, 2.24) is 9.88 Å². The molecule has 1 aliphatic carbocycles. The molecule has 4 nitrogen and oxygen atoms in total. The van der Waals surface area contributed by atoms with E-state index < -0.39 is 5.41 Å². The van der Waals surface area contributed by atoms with Crippen LogP contribution in [0.1, 0.15) is 31.2 Å². The van der Waals surface area contributed by atoms with E-state index in [2.05, 4.69) is 16.9 Å². The summed E-state index contributed by atoms with van der Waals surface area (Å²) in [7, 11) is 2.07. The van der Waals surface area contributed by atoms with Gasteiger partial charge in [0.1, 0.15) is 11.6 Å². The zero-order valence-electron chi connectivity index (χ0n) is 15.1. The topological polar surface area (TPSA) is 36.4 Å². The smallest absolute Gasteiger partial charge is 0.233 e. The lowest BCUT2D eigenvalue weighted by atomic mass is 9.92. The van der Waals surface area contributed by atoms with Crippen molar-refractivity contribution in [2.75, 3.05) is 25.0 Å². The fourth-order valence-corrected chi connectivity index (χ4v) is 4.03. The van der Waals surface area contributed by atoms with Crippen molar-refractivity contribution in [2.24, 2.45) is 0 Å². The molecule has 1 saturated heterocycles. The largest absolute Gasteiger partial charge is 0.357 e. The zero-order chi connectivity index (χ0) is 18.1. The maximum Gasteiger partial charge on any atom is 0.233 e. The molecule has 1 aliphatic heterocycles. The number of likely N-dealkylation sites (tertiary alicyclic amines) is 1. The molecular weight excluding hydrogens is 329 g/mol. The first-order valence-corrected chi connectivity index (χ1v) is 9.29. The van der Waals surface area contributed by atoms with Gasteiger partial charge in [0, 0.05) is 32.4 Å². The number of carbonyl (C=O) groups excluding carboxylic acids is 1. The van der Waals surface area contributed by atoms with Gasteiger partial charge >= 0.3 is 0 Å². The van der Waals surface area contributed by atoms with E-state index in [1.54, 1.807) is 12.1 Å². The zero-order valence-corrected chi connectivity index (χ0v) is 15.1. The molecule has 136 valence electrons. The summed E-state index contributed by atoms with van der Waals surface area (Å²) in [5.41, 5.74) is 0.546. The number of rotatable bonds is 4. The van der Waals surface area contributed by atoms with E-state index >= 15 is 0 Å². The highest BCUT2D eigenvalue weighted by Gasteiger charge is 2.53. The van der Waals surface area contributed by atoms with Crippen molar-refractivity contribution in [2.45, 2.75) is 37.1 Å². The summed E-state index contributed by atoms with van der Waals surface area (Å²) in [6.45, 7) is 1.53. The number of carbonyl (C=O) groups is 1. The van der Waals surface area contributed by atoms with Crippen LogP contribution in [0.2, 0.25) is 0 Å². The van der Waals surface area contributed by atoms with Crippen LogP contribution in [-0.2, 0) is 10.2 Å². The molecule has 1 saturated carbocycles. The fourth-order valence-electron chi connectivity index (χ4n) is 4.03. The molecular formula is C21H24FN3O. The van der Waals surface area contributed by atoms with E-state index in [0.29, 0.717) is 6.04 Å². The normalized spacial score (nSPS) is 19.2. The predicted octanol–water partition coefficient (Wildman–Crippen LogP) is 3.38. The molecule has 2 aliphatic rings. The van der Waals surface area contributed by atoms with Gasteiger partial charge in [-0.15, -0.1) is 0 Å². The highest BCUT2D eigenvalue weighted by atomic mass is 19.1. The lowest BCUT2D eigenvalue weighted by molar-refractivity contribution is -0.135. The van der Waals surface area contributed by atoms with E-state index in [-0.39, 0.29) is 11.7 Å². The van der Waals surface area contributed by atoms with Crippen LogP contribution in [0.5, 0.6) is 0 Å². The Bertz CT molecular complexity index is 766. The van der Waals surface area contributed by atoms with Crippen LogP contribution in [0, 0.1) is 5.82 Å². The van der Waals surface area contributed by atoms with Crippen LogP contribution >= 0.6 is 0 Å². The average molecular weight is 353 g/mol. The SMILES string of the molecule is CN(c1ccccn1)C1CCN(C(=O)C2(c3ccc(F)cc3)CC2)CC1. The molecule has 0 N–H and O–H groups in total. The highest BCUT2D eigenvalue weighted by Crippen LogP contribution is 2.50. The summed E-state index contributed by atoms with van der Waals surface area (Å²) in [6.07, 6.45) is 5.43. The maximum atomic E-state index is 13.2. The maximum absolute atomic E-state index is 13.2. The van der Waals surface area contributed by atoms with Gasteiger partial charge in [-0.3, -0.25) is 4.79 Å². The Morgan fingerprint density at radius 3 is 2.42 bits per heavy atom. The third-order valence-corrected chi connectivity index (χ3v) is 5.87. The predicted molar refractivity (Wildman–Crippen MR) is 99.6 cm³/mol. The first-order valence-electron chi connectivity index (χ1n) is 9.29. The Morgan fingerprint density at radius 2 is 1.85 bits per heavy atom. The Kier molecular flexibility index (Phi) is 4.39. The van der Waals surface area contributed by atoms with Gasteiger partial charge in [-0.05, 0) is 55.5 Å². The summed E-state index contributed by atoms with van der Waals surface area (Å²) in [6, 6.07) is 12.8. The van der Waals surface area contributed by atoms with Crippen LogP contribution < -0.4 is 4.90 Å². The minimum Gasteiger partial charge on any atom is -0.357 e. The van der Waals surface area contributed by atoms with Gasteiger partial charge in [-0.2, -0.15) is 0 Å². The third-order valence-electron chi connectivity index (χ3n) is 5.87. The summed E-state index contributed by atoms with van der Waals surface area (Å²) in [5.74, 6) is 0.931. The second kappa shape index (κ2) is 6.71. The summed E-state index contributed by atoms with van der Waals surface area (Å²) in [4.78, 5) is 21.8. The molecule has 2 heterocycles. The number of anilines is 1. The van der Waals surface area contributed by atoms with Crippen LogP contribution in [0.15, 0.2) is 48.7 Å².